The van der Waals surface area contributed by atoms with Gasteiger partial charge in [-0.3, -0.25) is 0 Å². The fourth-order valence-corrected chi connectivity index (χ4v) is 3.70. The number of hydrogen-bond acceptors (Lipinski definition) is 3. The van der Waals surface area contributed by atoms with Crippen molar-refractivity contribution in [1.29, 1.82) is 0 Å². The Bertz CT molecular complexity index is 500. The van der Waals surface area contributed by atoms with E-state index in [0.717, 1.165) is 13.1 Å². The van der Waals surface area contributed by atoms with Crippen LogP contribution in [0.5, 0.6) is 0 Å². The van der Waals surface area contributed by atoms with Crippen LogP contribution < -0.4 is 11.1 Å². The van der Waals surface area contributed by atoms with E-state index in [0.29, 0.717) is 5.92 Å². The molecule has 1 aliphatic rings. The van der Waals surface area contributed by atoms with Crippen LogP contribution in [0.3, 0.4) is 0 Å². The number of thiophene rings is 1. The van der Waals surface area contributed by atoms with E-state index in [-0.39, 0.29) is 6.04 Å². The Morgan fingerprint density at radius 2 is 2.24 bits per heavy atom. The summed E-state index contributed by atoms with van der Waals surface area (Å²) in [5.41, 5.74) is 7.78. The average molecular weight is 246 g/mol. The van der Waals surface area contributed by atoms with Crippen LogP contribution in [0.4, 0.5) is 0 Å². The molecule has 1 aliphatic heterocycles. The van der Waals surface area contributed by atoms with Crippen molar-refractivity contribution < 1.29 is 0 Å². The lowest BCUT2D eigenvalue weighted by atomic mass is 9.88. The largest absolute Gasteiger partial charge is 0.324 e. The summed E-state index contributed by atoms with van der Waals surface area (Å²) in [5.74, 6) is 0.585. The normalized spacial score (nSPS) is 22.8. The van der Waals surface area contributed by atoms with Gasteiger partial charge in [0.25, 0.3) is 0 Å². The Balaban J connectivity index is 1.92. The van der Waals surface area contributed by atoms with Gasteiger partial charge in [0, 0.05) is 10.7 Å². The number of hydrogen-bond donors (Lipinski definition) is 2. The second-order valence-electron chi connectivity index (χ2n) is 4.82. The Morgan fingerprint density at radius 3 is 3.06 bits per heavy atom. The zero-order valence-electron chi connectivity index (χ0n) is 9.86. The van der Waals surface area contributed by atoms with E-state index >= 15 is 0 Å². The van der Waals surface area contributed by atoms with Crippen LogP contribution in [0, 0.1) is 5.92 Å². The molecule has 1 aromatic carbocycles. The number of benzene rings is 1. The highest BCUT2D eigenvalue weighted by atomic mass is 32.1. The molecular weight excluding hydrogens is 228 g/mol. The Kier molecular flexibility index (Phi) is 3.14. The summed E-state index contributed by atoms with van der Waals surface area (Å²) in [4.78, 5) is 0. The minimum atomic E-state index is 0.180. The van der Waals surface area contributed by atoms with Gasteiger partial charge >= 0.3 is 0 Å². The Hall–Kier alpha value is -0.900. The van der Waals surface area contributed by atoms with E-state index in [1.807, 2.05) is 0 Å². The van der Waals surface area contributed by atoms with Crippen LogP contribution in [-0.2, 0) is 0 Å². The van der Waals surface area contributed by atoms with E-state index in [9.17, 15) is 0 Å². The van der Waals surface area contributed by atoms with Crippen molar-refractivity contribution in [3.05, 3.63) is 35.2 Å². The van der Waals surface area contributed by atoms with Crippen LogP contribution in [0.2, 0.25) is 0 Å². The summed E-state index contributed by atoms with van der Waals surface area (Å²) >= 11 is 1.81. The number of fused-ring (bicyclic) bond motifs is 1. The second-order valence-corrected chi connectivity index (χ2v) is 5.73. The first-order chi connectivity index (χ1) is 8.36. The Labute approximate surface area is 106 Å². The summed E-state index contributed by atoms with van der Waals surface area (Å²) < 4.78 is 1.35. The van der Waals surface area contributed by atoms with Gasteiger partial charge in [0.05, 0.1) is 0 Å². The molecule has 3 N–H and O–H groups in total. The van der Waals surface area contributed by atoms with Crippen LogP contribution in [0.1, 0.15) is 24.4 Å². The van der Waals surface area contributed by atoms with Gasteiger partial charge in [-0.05, 0) is 54.2 Å². The first-order valence-electron chi connectivity index (χ1n) is 6.28. The van der Waals surface area contributed by atoms with Crippen molar-refractivity contribution in [2.24, 2.45) is 11.7 Å². The van der Waals surface area contributed by atoms with E-state index in [1.54, 1.807) is 11.3 Å². The number of piperidine rings is 1. The molecular formula is C14H18N2S. The molecule has 2 aromatic rings. The van der Waals surface area contributed by atoms with Gasteiger partial charge in [-0.2, -0.15) is 0 Å². The van der Waals surface area contributed by atoms with Crippen molar-refractivity contribution in [3.63, 3.8) is 0 Å². The second kappa shape index (κ2) is 4.77. The highest BCUT2D eigenvalue weighted by Gasteiger charge is 2.23. The predicted molar refractivity (Wildman–Crippen MR) is 74.3 cm³/mol. The quantitative estimate of drug-likeness (QED) is 0.855. The molecule has 0 saturated carbocycles. The SMILES string of the molecule is NC(c1csc2ccccc12)C1CCCNC1. The molecule has 17 heavy (non-hydrogen) atoms. The van der Waals surface area contributed by atoms with E-state index in [1.165, 1.54) is 28.5 Å². The van der Waals surface area contributed by atoms with Crippen molar-refractivity contribution in [2.75, 3.05) is 13.1 Å². The van der Waals surface area contributed by atoms with Gasteiger partial charge in [-0.25, -0.2) is 0 Å². The molecule has 0 aliphatic carbocycles. The van der Waals surface area contributed by atoms with E-state index < -0.39 is 0 Å². The van der Waals surface area contributed by atoms with Crippen molar-refractivity contribution >= 4 is 21.4 Å². The first kappa shape index (κ1) is 11.2. The van der Waals surface area contributed by atoms with Gasteiger partial charge < -0.3 is 11.1 Å². The van der Waals surface area contributed by atoms with Crippen LogP contribution >= 0.6 is 11.3 Å². The fourth-order valence-electron chi connectivity index (χ4n) is 2.70. The maximum atomic E-state index is 6.45. The van der Waals surface area contributed by atoms with Crippen LogP contribution in [0.25, 0.3) is 10.1 Å². The topological polar surface area (TPSA) is 38.0 Å². The van der Waals surface area contributed by atoms with Crippen molar-refractivity contribution in [2.45, 2.75) is 18.9 Å². The molecule has 1 fully saturated rings. The molecule has 0 bridgehead atoms. The van der Waals surface area contributed by atoms with Crippen LogP contribution in [-0.4, -0.2) is 13.1 Å². The number of nitrogens with two attached hydrogens (primary N) is 1. The van der Waals surface area contributed by atoms with Gasteiger partial charge in [0.15, 0.2) is 0 Å². The van der Waals surface area contributed by atoms with Gasteiger partial charge in [0.2, 0.25) is 0 Å². The summed E-state index contributed by atoms with van der Waals surface area (Å²) in [6.07, 6.45) is 2.50. The highest BCUT2D eigenvalue weighted by molar-refractivity contribution is 7.17. The number of rotatable bonds is 2. The smallest absolute Gasteiger partial charge is 0.0350 e. The van der Waals surface area contributed by atoms with Gasteiger partial charge in [-0.15, -0.1) is 11.3 Å². The minimum Gasteiger partial charge on any atom is -0.324 e. The molecule has 3 rings (SSSR count). The zero-order chi connectivity index (χ0) is 11.7. The summed E-state index contributed by atoms with van der Waals surface area (Å²) in [7, 11) is 0. The third-order valence-electron chi connectivity index (χ3n) is 3.71. The molecule has 3 heteroatoms. The summed E-state index contributed by atoms with van der Waals surface area (Å²) in [6.45, 7) is 2.21. The van der Waals surface area contributed by atoms with Crippen LogP contribution in [0.15, 0.2) is 29.6 Å². The zero-order valence-corrected chi connectivity index (χ0v) is 10.7. The molecule has 1 aromatic heterocycles. The highest BCUT2D eigenvalue weighted by Crippen LogP contribution is 2.34. The van der Waals surface area contributed by atoms with Gasteiger partial charge in [0.1, 0.15) is 0 Å². The maximum absolute atomic E-state index is 6.45. The van der Waals surface area contributed by atoms with Gasteiger partial charge in [-0.1, -0.05) is 18.2 Å². The number of nitrogens with one attached hydrogen (secondary N) is 1. The third-order valence-corrected chi connectivity index (χ3v) is 4.69. The molecule has 2 heterocycles. The molecule has 2 unspecified atom stereocenters. The lowest BCUT2D eigenvalue weighted by Crippen LogP contribution is -2.36. The fraction of sp³-hybridized carbons (Fsp3) is 0.429. The summed E-state index contributed by atoms with van der Waals surface area (Å²) in [6, 6.07) is 8.74. The first-order valence-corrected chi connectivity index (χ1v) is 7.16. The third kappa shape index (κ3) is 2.10. The summed E-state index contributed by atoms with van der Waals surface area (Å²) in [5, 5.41) is 7.03. The maximum Gasteiger partial charge on any atom is 0.0350 e. The molecule has 0 radical (unpaired) electrons. The van der Waals surface area contributed by atoms with E-state index in [2.05, 4.69) is 35.0 Å². The van der Waals surface area contributed by atoms with Crippen molar-refractivity contribution in [1.82, 2.24) is 5.32 Å². The monoisotopic (exact) mass is 246 g/mol. The molecule has 0 spiro atoms. The molecule has 2 atom stereocenters. The van der Waals surface area contributed by atoms with E-state index in [4.69, 9.17) is 5.73 Å². The molecule has 2 nitrogen and oxygen atoms in total. The molecule has 90 valence electrons. The average Bonchev–Trinajstić information content (AvgIpc) is 2.83. The standard InChI is InChI=1S/C14H18N2S/c15-14(10-4-3-7-16-8-10)12-9-17-13-6-2-1-5-11(12)13/h1-2,5-6,9-10,14,16H,3-4,7-8,15H2. The Morgan fingerprint density at radius 1 is 1.35 bits per heavy atom. The minimum absolute atomic E-state index is 0.180. The molecule has 1 saturated heterocycles. The molecule has 0 amide bonds. The lowest BCUT2D eigenvalue weighted by molar-refractivity contribution is 0.328. The van der Waals surface area contributed by atoms with Crippen molar-refractivity contribution in [3.8, 4) is 0 Å². The lowest BCUT2D eigenvalue weighted by Gasteiger charge is -2.28. The predicted octanol–water partition coefficient (Wildman–Crippen LogP) is 2.90.